The molecule has 0 bridgehead atoms. The molecule has 0 heterocycles. The van der Waals surface area contributed by atoms with Crippen molar-refractivity contribution in [1.82, 2.24) is 5.48 Å². The fraction of sp³-hybridized carbons (Fsp3) is 0.533. The van der Waals surface area contributed by atoms with Crippen LogP contribution in [0.2, 0.25) is 0 Å². The van der Waals surface area contributed by atoms with Crippen molar-refractivity contribution in [2.24, 2.45) is 5.92 Å². The highest BCUT2D eigenvalue weighted by Gasteiger charge is 2.53. The van der Waals surface area contributed by atoms with E-state index in [9.17, 15) is 13.6 Å². The summed E-state index contributed by atoms with van der Waals surface area (Å²) in [6, 6.07) is 7.77. The SMILES string of the molecule is CCCNOC(=O)C(F)(Oc1ccccc1)C(F)C(C)C. The fourth-order valence-corrected chi connectivity index (χ4v) is 1.59. The van der Waals surface area contributed by atoms with Gasteiger partial charge in [-0.25, -0.2) is 9.18 Å². The van der Waals surface area contributed by atoms with Crippen LogP contribution in [0.1, 0.15) is 27.2 Å². The number of rotatable bonds is 8. The number of hydroxylamine groups is 1. The molecule has 2 atom stereocenters. The molecule has 2 unspecified atom stereocenters. The molecule has 1 rings (SSSR count). The highest BCUT2D eigenvalue weighted by Crippen LogP contribution is 2.30. The Morgan fingerprint density at radius 3 is 2.48 bits per heavy atom. The van der Waals surface area contributed by atoms with Crippen LogP contribution in [-0.2, 0) is 9.63 Å². The Bertz CT molecular complexity index is 442. The van der Waals surface area contributed by atoms with Gasteiger partial charge in [0.05, 0.1) is 0 Å². The summed E-state index contributed by atoms with van der Waals surface area (Å²) in [5.41, 5.74) is 2.28. The van der Waals surface area contributed by atoms with Crippen molar-refractivity contribution in [2.45, 2.75) is 39.2 Å². The molecular formula is C15H21F2NO3. The van der Waals surface area contributed by atoms with E-state index in [1.807, 2.05) is 6.92 Å². The Balaban J connectivity index is 2.91. The topological polar surface area (TPSA) is 47.6 Å². The molecule has 21 heavy (non-hydrogen) atoms. The van der Waals surface area contributed by atoms with Gasteiger partial charge >= 0.3 is 11.8 Å². The van der Waals surface area contributed by atoms with Crippen LogP contribution in [0.5, 0.6) is 5.75 Å². The zero-order valence-electron chi connectivity index (χ0n) is 12.4. The van der Waals surface area contributed by atoms with Crippen LogP contribution >= 0.6 is 0 Å². The van der Waals surface area contributed by atoms with Gasteiger partial charge in [0.25, 0.3) is 0 Å². The molecule has 4 nitrogen and oxygen atoms in total. The number of halogens is 2. The Hall–Kier alpha value is -1.69. The lowest BCUT2D eigenvalue weighted by atomic mass is 10.0. The summed E-state index contributed by atoms with van der Waals surface area (Å²) < 4.78 is 34.0. The maximum absolute atomic E-state index is 14.8. The van der Waals surface area contributed by atoms with E-state index >= 15 is 0 Å². The van der Waals surface area contributed by atoms with Gasteiger partial charge in [-0.15, -0.1) is 0 Å². The van der Waals surface area contributed by atoms with Gasteiger partial charge in [0.2, 0.25) is 0 Å². The number of nitrogens with one attached hydrogen (secondary N) is 1. The maximum Gasteiger partial charge on any atom is 0.406 e. The number of hydrogen-bond acceptors (Lipinski definition) is 4. The molecule has 0 aliphatic carbocycles. The second-order valence-corrected chi connectivity index (χ2v) is 4.99. The first-order chi connectivity index (χ1) is 9.91. The first kappa shape index (κ1) is 17.4. The molecule has 1 aromatic carbocycles. The summed E-state index contributed by atoms with van der Waals surface area (Å²) in [7, 11) is 0. The van der Waals surface area contributed by atoms with E-state index in [1.165, 1.54) is 26.0 Å². The lowest BCUT2D eigenvalue weighted by Crippen LogP contribution is -2.53. The monoisotopic (exact) mass is 301 g/mol. The van der Waals surface area contributed by atoms with Crippen molar-refractivity contribution in [3.63, 3.8) is 0 Å². The summed E-state index contributed by atoms with van der Waals surface area (Å²) >= 11 is 0. The predicted octanol–water partition coefficient (Wildman–Crippen LogP) is 3.18. The predicted molar refractivity (Wildman–Crippen MR) is 75.0 cm³/mol. The molecule has 6 heteroatoms. The third-order valence-corrected chi connectivity index (χ3v) is 2.74. The molecule has 0 spiro atoms. The van der Waals surface area contributed by atoms with Gasteiger partial charge < -0.3 is 9.57 Å². The molecule has 1 aromatic rings. The second-order valence-electron chi connectivity index (χ2n) is 4.99. The Labute approximate surface area is 123 Å². The molecular weight excluding hydrogens is 280 g/mol. The molecule has 0 aliphatic heterocycles. The lowest BCUT2D eigenvalue weighted by molar-refractivity contribution is -0.204. The third-order valence-electron chi connectivity index (χ3n) is 2.74. The second kappa shape index (κ2) is 7.93. The number of hydrogen-bond donors (Lipinski definition) is 1. The van der Waals surface area contributed by atoms with E-state index in [0.717, 1.165) is 0 Å². The van der Waals surface area contributed by atoms with Crippen molar-refractivity contribution in [3.8, 4) is 5.75 Å². The highest BCUT2D eigenvalue weighted by atomic mass is 19.2. The Kier molecular flexibility index (Phi) is 6.55. The van der Waals surface area contributed by atoms with Crippen molar-refractivity contribution in [2.75, 3.05) is 6.54 Å². The van der Waals surface area contributed by atoms with Crippen LogP contribution in [0.3, 0.4) is 0 Å². The Morgan fingerprint density at radius 2 is 1.95 bits per heavy atom. The molecule has 0 saturated heterocycles. The molecule has 0 aromatic heterocycles. The smallest absolute Gasteiger partial charge is 0.406 e. The average molecular weight is 301 g/mol. The zero-order chi connectivity index (χ0) is 15.9. The van der Waals surface area contributed by atoms with E-state index < -0.39 is 23.9 Å². The van der Waals surface area contributed by atoms with Crippen LogP contribution in [-0.4, -0.2) is 24.5 Å². The minimum absolute atomic E-state index is 0.0516. The number of ether oxygens (including phenoxy) is 1. The van der Waals surface area contributed by atoms with Gasteiger partial charge in [-0.2, -0.15) is 9.87 Å². The third kappa shape index (κ3) is 4.67. The molecule has 1 N–H and O–H groups in total. The first-order valence-electron chi connectivity index (χ1n) is 6.93. The molecule has 0 amide bonds. The summed E-state index contributed by atoms with van der Waals surface area (Å²) in [5, 5.41) is 0. The summed E-state index contributed by atoms with van der Waals surface area (Å²) in [5.74, 6) is -5.33. The molecule has 0 fully saturated rings. The number of carbonyl (C=O) groups excluding carboxylic acids is 1. The minimum atomic E-state index is -3.20. The zero-order valence-corrected chi connectivity index (χ0v) is 12.4. The van der Waals surface area contributed by atoms with Crippen LogP contribution in [0, 0.1) is 5.92 Å². The van der Waals surface area contributed by atoms with E-state index in [0.29, 0.717) is 13.0 Å². The molecule has 0 aliphatic rings. The van der Waals surface area contributed by atoms with Crippen molar-refractivity contribution in [1.29, 1.82) is 0 Å². The van der Waals surface area contributed by atoms with Crippen molar-refractivity contribution < 1.29 is 23.1 Å². The van der Waals surface area contributed by atoms with Crippen molar-refractivity contribution >= 4 is 5.97 Å². The summed E-state index contributed by atoms with van der Waals surface area (Å²) in [4.78, 5) is 16.4. The number of alkyl halides is 2. The van der Waals surface area contributed by atoms with E-state index in [4.69, 9.17) is 4.74 Å². The van der Waals surface area contributed by atoms with E-state index in [2.05, 4.69) is 10.3 Å². The quantitative estimate of drug-likeness (QED) is 0.592. The molecule has 0 saturated carbocycles. The van der Waals surface area contributed by atoms with Gasteiger partial charge in [0.1, 0.15) is 5.75 Å². The highest BCUT2D eigenvalue weighted by molar-refractivity contribution is 5.78. The standard InChI is InChI=1S/C15H21F2NO3/c1-4-10-18-21-14(19)15(17,13(16)11(2)3)20-12-8-6-5-7-9-12/h5-9,11,13,18H,4,10H2,1-3H3. The van der Waals surface area contributed by atoms with Gasteiger partial charge in [0.15, 0.2) is 6.17 Å². The lowest BCUT2D eigenvalue weighted by Gasteiger charge is -2.29. The minimum Gasteiger partial charge on any atom is -0.446 e. The van der Waals surface area contributed by atoms with Gasteiger partial charge in [-0.05, 0) is 24.5 Å². The van der Waals surface area contributed by atoms with Crippen LogP contribution < -0.4 is 10.2 Å². The molecule has 0 radical (unpaired) electrons. The normalized spacial score (nSPS) is 15.3. The van der Waals surface area contributed by atoms with Crippen LogP contribution in [0.25, 0.3) is 0 Å². The average Bonchev–Trinajstić information content (AvgIpc) is 2.47. The van der Waals surface area contributed by atoms with E-state index in [-0.39, 0.29) is 5.75 Å². The van der Waals surface area contributed by atoms with Gasteiger partial charge in [0, 0.05) is 6.54 Å². The van der Waals surface area contributed by atoms with Crippen LogP contribution in [0.4, 0.5) is 8.78 Å². The maximum atomic E-state index is 14.8. The first-order valence-corrected chi connectivity index (χ1v) is 6.93. The van der Waals surface area contributed by atoms with E-state index in [1.54, 1.807) is 18.2 Å². The van der Waals surface area contributed by atoms with Crippen molar-refractivity contribution in [3.05, 3.63) is 30.3 Å². The van der Waals surface area contributed by atoms with Gasteiger partial charge in [-0.3, -0.25) is 0 Å². The van der Waals surface area contributed by atoms with Crippen LogP contribution in [0.15, 0.2) is 30.3 Å². The summed E-state index contributed by atoms with van der Waals surface area (Å²) in [6.07, 6.45) is -1.48. The Morgan fingerprint density at radius 1 is 1.33 bits per heavy atom. The summed E-state index contributed by atoms with van der Waals surface area (Å²) in [6.45, 7) is 5.10. The number of benzene rings is 1. The van der Waals surface area contributed by atoms with Gasteiger partial charge in [-0.1, -0.05) is 39.0 Å². The largest absolute Gasteiger partial charge is 0.446 e. The number of para-hydroxylation sites is 1. The number of carbonyl (C=O) groups is 1. The fourth-order valence-electron chi connectivity index (χ4n) is 1.59. The molecule has 118 valence electrons.